The number of rotatable bonds is 9. The maximum Gasteiger partial charge on any atom is 0.329 e. The molecule has 4 amide bonds. The first-order chi connectivity index (χ1) is 18.8. The lowest BCUT2D eigenvalue weighted by atomic mass is 10.1. The van der Waals surface area contributed by atoms with E-state index in [4.69, 9.17) is 9.47 Å². The fourth-order valence-corrected chi connectivity index (χ4v) is 4.42. The molecule has 1 aliphatic heterocycles. The Morgan fingerprint density at radius 1 is 1.13 bits per heavy atom. The molecule has 0 atom stereocenters. The molecule has 2 N–H and O–H groups in total. The Morgan fingerprint density at radius 3 is 2.59 bits per heavy atom. The van der Waals surface area contributed by atoms with E-state index >= 15 is 0 Å². The van der Waals surface area contributed by atoms with Gasteiger partial charge in [0.1, 0.15) is 18.8 Å². The minimum Gasteiger partial charge on any atom is -0.490 e. The molecule has 3 aromatic rings. The van der Waals surface area contributed by atoms with Gasteiger partial charge in [-0.05, 0) is 71.7 Å². The smallest absolute Gasteiger partial charge is 0.329 e. The summed E-state index contributed by atoms with van der Waals surface area (Å²) in [4.78, 5) is 38.7. The lowest BCUT2D eigenvalue weighted by Crippen LogP contribution is -2.38. The molecule has 3 aromatic carbocycles. The van der Waals surface area contributed by atoms with Gasteiger partial charge in [0.2, 0.25) is 5.91 Å². The van der Waals surface area contributed by atoms with Crippen LogP contribution >= 0.6 is 15.9 Å². The molecule has 0 aliphatic carbocycles. The zero-order valence-corrected chi connectivity index (χ0v) is 22.9. The van der Waals surface area contributed by atoms with Crippen molar-refractivity contribution in [2.45, 2.75) is 20.5 Å². The van der Waals surface area contributed by atoms with Gasteiger partial charge in [-0.1, -0.05) is 35.9 Å². The highest BCUT2D eigenvalue weighted by Crippen LogP contribution is 2.38. The number of urea groups is 1. The van der Waals surface area contributed by atoms with Crippen molar-refractivity contribution >= 4 is 45.5 Å². The maximum atomic E-state index is 12.9. The molecule has 4 rings (SSSR count). The van der Waals surface area contributed by atoms with E-state index in [2.05, 4.69) is 32.6 Å². The number of nitriles is 1. The molecule has 1 fully saturated rings. The molecule has 0 radical (unpaired) electrons. The summed E-state index contributed by atoms with van der Waals surface area (Å²) < 4.78 is 12.3. The number of nitrogens with zero attached hydrogens (tertiary/aromatic N) is 2. The van der Waals surface area contributed by atoms with Crippen LogP contribution in [0.2, 0.25) is 0 Å². The van der Waals surface area contributed by atoms with Gasteiger partial charge >= 0.3 is 6.03 Å². The van der Waals surface area contributed by atoms with E-state index in [0.717, 1.165) is 16.0 Å². The van der Waals surface area contributed by atoms with Gasteiger partial charge in [-0.2, -0.15) is 5.26 Å². The standard InChI is InChI=1S/C29H25BrN4O5/c1-3-38-25-14-19(12-23(30)27(25)39-17-21-7-5-4-6-20(21)15-31)13-24-28(36)34(29(37)33-24)16-26(35)32-22-10-8-18(2)9-11-22/h4-14H,3,16-17H2,1-2H3,(H,32,35)(H,33,37)/b24-13+. The normalized spacial score (nSPS) is 13.7. The predicted molar refractivity (Wildman–Crippen MR) is 149 cm³/mol. The van der Waals surface area contributed by atoms with Crippen LogP contribution in [0.25, 0.3) is 6.08 Å². The van der Waals surface area contributed by atoms with Crippen LogP contribution in [0.3, 0.4) is 0 Å². The Bertz CT molecular complexity index is 1490. The Labute approximate surface area is 234 Å². The third-order valence-corrected chi connectivity index (χ3v) is 6.34. The number of halogens is 1. The van der Waals surface area contributed by atoms with Crippen LogP contribution in [0.4, 0.5) is 10.5 Å². The number of imide groups is 1. The van der Waals surface area contributed by atoms with Gasteiger partial charge in [-0.3, -0.25) is 9.59 Å². The Morgan fingerprint density at radius 2 is 1.87 bits per heavy atom. The number of carbonyl (C=O) groups excluding carboxylic acids is 3. The predicted octanol–water partition coefficient (Wildman–Crippen LogP) is 5.14. The first-order valence-electron chi connectivity index (χ1n) is 12.1. The summed E-state index contributed by atoms with van der Waals surface area (Å²) >= 11 is 3.50. The molecule has 10 heteroatoms. The average Bonchev–Trinajstić information content (AvgIpc) is 3.17. The quantitative estimate of drug-likeness (QED) is 0.264. The third kappa shape index (κ3) is 6.64. The van der Waals surface area contributed by atoms with Gasteiger partial charge in [-0.15, -0.1) is 0 Å². The van der Waals surface area contributed by atoms with Crippen molar-refractivity contribution in [3.63, 3.8) is 0 Å². The second-order valence-corrected chi connectivity index (χ2v) is 9.47. The number of carbonyl (C=O) groups is 3. The summed E-state index contributed by atoms with van der Waals surface area (Å²) in [5, 5.41) is 14.5. The second kappa shape index (κ2) is 12.3. The molecule has 0 bridgehead atoms. The van der Waals surface area contributed by atoms with Gasteiger partial charge in [0.25, 0.3) is 5.91 Å². The number of nitrogens with one attached hydrogen (secondary N) is 2. The lowest BCUT2D eigenvalue weighted by molar-refractivity contribution is -0.127. The van der Waals surface area contributed by atoms with E-state index in [9.17, 15) is 19.6 Å². The molecule has 0 saturated carbocycles. The largest absolute Gasteiger partial charge is 0.490 e. The number of hydrogen-bond acceptors (Lipinski definition) is 6. The maximum absolute atomic E-state index is 12.9. The molecular formula is C29H25BrN4O5. The summed E-state index contributed by atoms with van der Waals surface area (Å²) in [6.45, 7) is 3.84. The second-order valence-electron chi connectivity index (χ2n) is 8.61. The number of amides is 4. The fraction of sp³-hybridized carbons (Fsp3) is 0.172. The minimum absolute atomic E-state index is 0.0223. The SMILES string of the molecule is CCOc1cc(/C=C2/NC(=O)N(CC(=O)Nc3ccc(C)cc3)C2=O)cc(Br)c1OCc1ccccc1C#N. The Kier molecular flexibility index (Phi) is 8.63. The van der Waals surface area contributed by atoms with E-state index < -0.39 is 24.4 Å². The van der Waals surface area contributed by atoms with E-state index in [-0.39, 0.29) is 12.3 Å². The van der Waals surface area contributed by atoms with Crippen molar-refractivity contribution in [1.82, 2.24) is 10.2 Å². The molecule has 1 heterocycles. The van der Waals surface area contributed by atoms with Crippen molar-refractivity contribution in [3.8, 4) is 17.6 Å². The molecule has 198 valence electrons. The first kappa shape index (κ1) is 27.4. The van der Waals surface area contributed by atoms with Crippen LogP contribution in [0.1, 0.15) is 29.2 Å². The molecule has 0 unspecified atom stereocenters. The molecule has 0 spiro atoms. The molecule has 1 aliphatic rings. The molecule has 0 aromatic heterocycles. The molecule has 9 nitrogen and oxygen atoms in total. The van der Waals surface area contributed by atoms with Crippen LogP contribution in [0.15, 0.2) is 70.8 Å². The summed E-state index contributed by atoms with van der Waals surface area (Å²) in [7, 11) is 0. The topological polar surface area (TPSA) is 121 Å². The number of aryl methyl sites for hydroxylation is 1. The highest BCUT2D eigenvalue weighted by molar-refractivity contribution is 9.10. The lowest BCUT2D eigenvalue weighted by Gasteiger charge is -2.15. The van der Waals surface area contributed by atoms with Crippen molar-refractivity contribution in [2.24, 2.45) is 0 Å². The first-order valence-corrected chi connectivity index (χ1v) is 12.9. The highest BCUT2D eigenvalue weighted by atomic mass is 79.9. The number of hydrogen-bond donors (Lipinski definition) is 2. The number of benzene rings is 3. The van der Waals surface area contributed by atoms with E-state index in [0.29, 0.717) is 39.4 Å². The Hall–Kier alpha value is -4.62. The summed E-state index contributed by atoms with van der Waals surface area (Å²) in [6.07, 6.45) is 1.50. The van der Waals surface area contributed by atoms with E-state index in [1.54, 1.807) is 36.4 Å². The van der Waals surface area contributed by atoms with Gasteiger partial charge in [0.05, 0.1) is 22.7 Å². The molecule has 39 heavy (non-hydrogen) atoms. The molecule has 1 saturated heterocycles. The molecular weight excluding hydrogens is 564 g/mol. The Balaban J connectivity index is 1.50. The van der Waals surface area contributed by atoms with Crippen molar-refractivity contribution in [2.75, 3.05) is 18.5 Å². The van der Waals surface area contributed by atoms with E-state index in [1.165, 1.54) is 6.08 Å². The van der Waals surface area contributed by atoms with Crippen LogP contribution in [-0.4, -0.2) is 35.9 Å². The van der Waals surface area contributed by atoms with Crippen molar-refractivity contribution in [3.05, 3.63) is 93.1 Å². The van der Waals surface area contributed by atoms with Crippen LogP contribution < -0.4 is 20.1 Å². The van der Waals surface area contributed by atoms with Crippen LogP contribution in [-0.2, 0) is 16.2 Å². The van der Waals surface area contributed by atoms with Crippen molar-refractivity contribution in [1.29, 1.82) is 5.26 Å². The summed E-state index contributed by atoms with van der Waals surface area (Å²) in [5.74, 6) is -0.270. The van der Waals surface area contributed by atoms with Gasteiger partial charge in [0, 0.05) is 11.3 Å². The van der Waals surface area contributed by atoms with Gasteiger partial charge in [0.15, 0.2) is 11.5 Å². The van der Waals surface area contributed by atoms with E-state index in [1.807, 2.05) is 38.1 Å². The zero-order valence-electron chi connectivity index (χ0n) is 21.3. The summed E-state index contributed by atoms with van der Waals surface area (Å²) in [5.41, 5.74) is 3.44. The van der Waals surface area contributed by atoms with Crippen LogP contribution in [0, 0.1) is 18.3 Å². The summed E-state index contributed by atoms with van der Waals surface area (Å²) in [6, 6.07) is 19.2. The number of anilines is 1. The average molecular weight is 589 g/mol. The van der Waals surface area contributed by atoms with Crippen molar-refractivity contribution < 1.29 is 23.9 Å². The highest BCUT2D eigenvalue weighted by Gasteiger charge is 2.35. The monoisotopic (exact) mass is 588 g/mol. The fourth-order valence-electron chi connectivity index (χ4n) is 3.84. The van der Waals surface area contributed by atoms with Crippen LogP contribution in [0.5, 0.6) is 11.5 Å². The zero-order chi connectivity index (χ0) is 27.9. The minimum atomic E-state index is -0.689. The van der Waals surface area contributed by atoms with Gasteiger partial charge < -0.3 is 20.1 Å². The third-order valence-electron chi connectivity index (χ3n) is 5.75. The van der Waals surface area contributed by atoms with Gasteiger partial charge in [-0.25, -0.2) is 9.69 Å². The number of ether oxygens (including phenoxy) is 2.